The van der Waals surface area contributed by atoms with Crippen LogP contribution in [-0.2, 0) is 22.7 Å². The van der Waals surface area contributed by atoms with E-state index in [0.717, 1.165) is 11.3 Å². The molecule has 1 saturated heterocycles. The van der Waals surface area contributed by atoms with Crippen molar-refractivity contribution < 1.29 is 9.59 Å². The monoisotopic (exact) mass is 409 g/mol. The molecule has 7 heteroatoms. The van der Waals surface area contributed by atoms with Gasteiger partial charge in [0.2, 0.25) is 11.8 Å². The minimum Gasteiger partial charge on any atom is -0.373 e. The van der Waals surface area contributed by atoms with Crippen molar-refractivity contribution in [2.45, 2.75) is 46.2 Å². The first-order valence-corrected chi connectivity index (χ1v) is 10.3. The van der Waals surface area contributed by atoms with Gasteiger partial charge in [-0.3, -0.25) is 9.59 Å². The fourth-order valence-electron chi connectivity index (χ4n) is 3.71. The lowest BCUT2D eigenvalue weighted by Crippen LogP contribution is -2.36. The quantitative estimate of drug-likeness (QED) is 0.793. The van der Waals surface area contributed by atoms with Crippen LogP contribution in [0, 0.1) is 5.41 Å². The molecular weight excluding hydrogens is 378 g/mol. The van der Waals surface area contributed by atoms with Crippen LogP contribution in [0.25, 0.3) is 0 Å². The maximum Gasteiger partial charge on any atom is 0.228 e. The van der Waals surface area contributed by atoms with Gasteiger partial charge in [0.25, 0.3) is 0 Å². The topological polar surface area (TPSA) is 78.4 Å². The molecule has 3 rings (SSSR count). The molecule has 0 spiro atoms. The molecule has 0 bridgehead atoms. The standard InChI is InChI=1S/C23H31N5O2/c1-23(2,3)22(30)27(5)15-20-25-18(12-19(24-4)26-20)17-11-21(29)28(14-17)13-16-9-7-6-8-10-16/h6-10,12,17H,11,13-15H2,1-5H3,(H,24,25,26)/t17-/m1/s1. The Morgan fingerprint density at radius 1 is 1.23 bits per heavy atom. The van der Waals surface area contributed by atoms with Crippen LogP contribution in [0.3, 0.4) is 0 Å². The van der Waals surface area contributed by atoms with Crippen LogP contribution in [0.15, 0.2) is 36.4 Å². The van der Waals surface area contributed by atoms with E-state index in [1.165, 1.54) is 0 Å². The van der Waals surface area contributed by atoms with Gasteiger partial charge in [-0.2, -0.15) is 0 Å². The molecule has 1 fully saturated rings. The van der Waals surface area contributed by atoms with Gasteiger partial charge < -0.3 is 15.1 Å². The molecule has 2 aromatic rings. The number of carbonyl (C=O) groups excluding carboxylic acids is 2. The summed E-state index contributed by atoms with van der Waals surface area (Å²) in [7, 11) is 3.57. The Balaban J connectivity index is 1.76. The highest BCUT2D eigenvalue weighted by Gasteiger charge is 2.32. The van der Waals surface area contributed by atoms with Gasteiger partial charge in [-0.1, -0.05) is 51.1 Å². The third-order valence-electron chi connectivity index (χ3n) is 5.26. The second-order valence-electron chi connectivity index (χ2n) is 8.92. The fraction of sp³-hybridized carbons (Fsp3) is 0.478. The predicted molar refractivity (Wildman–Crippen MR) is 117 cm³/mol. The van der Waals surface area contributed by atoms with Crippen molar-refractivity contribution in [3.63, 3.8) is 0 Å². The van der Waals surface area contributed by atoms with Crippen LogP contribution in [-0.4, -0.2) is 52.2 Å². The minimum atomic E-state index is -0.464. The third kappa shape index (κ3) is 5.14. The van der Waals surface area contributed by atoms with Crippen LogP contribution in [0.4, 0.5) is 5.82 Å². The summed E-state index contributed by atoms with van der Waals surface area (Å²) >= 11 is 0. The summed E-state index contributed by atoms with van der Waals surface area (Å²) in [5.74, 6) is 1.45. The van der Waals surface area contributed by atoms with Crippen molar-refractivity contribution in [1.29, 1.82) is 0 Å². The number of amides is 2. The number of nitrogens with zero attached hydrogens (tertiary/aromatic N) is 4. The predicted octanol–water partition coefficient (Wildman–Crippen LogP) is 3.04. The van der Waals surface area contributed by atoms with E-state index in [0.29, 0.717) is 37.7 Å². The normalized spacial score (nSPS) is 16.6. The van der Waals surface area contributed by atoms with Gasteiger partial charge in [-0.15, -0.1) is 0 Å². The molecule has 1 aromatic heterocycles. The molecule has 0 aliphatic carbocycles. The maximum absolute atomic E-state index is 12.6. The van der Waals surface area contributed by atoms with Gasteiger partial charge in [0, 0.05) is 51.0 Å². The number of rotatable bonds is 6. The lowest BCUT2D eigenvalue weighted by molar-refractivity contribution is -0.138. The zero-order chi connectivity index (χ0) is 21.9. The first-order valence-electron chi connectivity index (χ1n) is 10.3. The summed E-state index contributed by atoms with van der Waals surface area (Å²) in [5, 5.41) is 3.07. The van der Waals surface area contributed by atoms with Crippen molar-refractivity contribution in [3.05, 3.63) is 53.5 Å². The first kappa shape index (κ1) is 21.7. The molecule has 2 heterocycles. The zero-order valence-electron chi connectivity index (χ0n) is 18.5. The fourth-order valence-corrected chi connectivity index (χ4v) is 3.71. The minimum absolute atomic E-state index is 0.0127. The van der Waals surface area contributed by atoms with Gasteiger partial charge in [0.1, 0.15) is 11.6 Å². The Hall–Kier alpha value is -2.96. The van der Waals surface area contributed by atoms with Crippen molar-refractivity contribution in [3.8, 4) is 0 Å². The van der Waals surface area contributed by atoms with Gasteiger partial charge in [-0.05, 0) is 5.56 Å². The summed E-state index contributed by atoms with van der Waals surface area (Å²) in [4.78, 5) is 37.9. The SMILES string of the molecule is CNc1cc([C@@H]2CC(=O)N(Cc3ccccc3)C2)nc(CN(C)C(=O)C(C)(C)C)n1. The number of hydrogen-bond acceptors (Lipinski definition) is 5. The molecule has 1 aliphatic heterocycles. The number of aromatic nitrogens is 2. The van der Waals surface area contributed by atoms with Crippen molar-refractivity contribution in [2.24, 2.45) is 5.41 Å². The van der Waals surface area contributed by atoms with Crippen LogP contribution >= 0.6 is 0 Å². The van der Waals surface area contributed by atoms with E-state index < -0.39 is 5.41 Å². The molecule has 0 radical (unpaired) electrons. The lowest BCUT2D eigenvalue weighted by atomic mass is 9.95. The highest BCUT2D eigenvalue weighted by molar-refractivity contribution is 5.81. The second kappa shape index (κ2) is 8.81. The van der Waals surface area contributed by atoms with E-state index in [2.05, 4.69) is 10.3 Å². The van der Waals surface area contributed by atoms with Gasteiger partial charge in [-0.25, -0.2) is 9.97 Å². The van der Waals surface area contributed by atoms with E-state index in [9.17, 15) is 9.59 Å². The number of benzene rings is 1. The molecule has 7 nitrogen and oxygen atoms in total. The van der Waals surface area contributed by atoms with Crippen LogP contribution in [0.1, 0.15) is 50.2 Å². The highest BCUT2D eigenvalue weighted by Crippen LogP contribution is 2.29. The van der Waals surface area contributed by atoms with E-state index in [4.69, 9.17) is 4.98 Å². The van der Waals surface area contributed by atoms with E-state index in [-0.39, 0.29) is 17.7 Å². The maximum atomic E-state index is 12.6. The highest BCUT2D eigenvalue weighted by atomic mass is 16.2. The molecule has 30 heavy (non-hydrogen) atoms. The summed E-state index contributed by atoms with van der Waals surface area (Å²) in [6.07, 6.45) is 0.434. The zero-order valence-corrected chi connectivity index (χ0v) is 18.5. The second-order valence-corrected chi connectivity index (χ2v) is 8.92. The molecule has 1 aromatic carbocycles. The molecule has 1 aliphatic rings. The Bertz CT molecular complexity index is 908. The van der Waals surface area contributed by atoms with Crippen molar-refractivity contribution in [2.75, 3.05) is 26.0 Å². The average molecular weight is 410 g/mol. The smallest absolute Gasteiger partial charge is 0.228 e. The molecule has 1 N–H and O–H groups in total. The molecule has 160 valence electrons. The Morgan fingerprint density at radius 3 is 2.57 bits per heavy atom. The number of hydrogen-bond donors (Lipinski definition) is 1. The molecule has 2 amide bonds. The van der Waals surface area contributed by atoms with E-state index in [1.54, 1.807) is 19.0 Å². The summed E-state index contributed by atoms with van der Waals surface area (Å²) in [5.41, 5.74) is 1.49. The summed E-state index contributed by atoms with van der Waals surface area (Å²) in [6, 6.07) is 11.9. The van der Waals surface area contributed by atoms with Crippen LogP contribution < -0.4 is 5.32 Å². The molecule has 0 saturated carbocycles. The first-order chi connectivity index (χ1) is 14.2. The lowest BCUT2D eigenvalue weighted by Gasteiger charge is -2.25. The van der Waals surface area contributed by atoms with E-state index in [1.807, 2.05) is 62.1 Å². The number of anilines is 1. The van der Waals surface area contributed by atoms with Gasteiger partial charge in [0.05, 0.1) is 12.2 Å². The van der Waals surface area contributed by atoms with Crippen molar-refractivity contribution >= 4 is 17.6 Å². The Kier molecular flexibility index (Phi) is 6.39. The molecule has 1 atom stereocenters. The number of likely N-dealkylation sites (tertiary alicyclic amines) is 1. The largest absolute Gasteiger partial charge is 0.373 e. The van der Waals surface area contributed by atoms with Gasteiger partial charge >= 0.3 is 0 Å². The average Bonchev–Trinajstić information content (AvgIpc) is 3.07. The van der Waals surface area contributed by atoms with Crippen LogP contribution in [0.5, 0.6) is 0 Å². The summed E-state index contributed by atoms with van der Waals surface area (Å²) in [6.45, 7) is 7.25. The van der Waals surface area contributed by atoms with Crippen molar-refractivity contribution in [1.82, 2.24) is 19.8 Å². The van der Waals surface area contributed by atoms with Gasteiger partial charge in [0.15, 0.2) is 0 Å². The summed E-state index contributed by atoms with van der Waals surface area (Å²) < 4.78 is 0. The Labute approximate surface area is 178 Å². The third-order valence-corrected chi connectivity index (χ3v) is 5.26. The number of nitrogens with one attached hydrogen (secondary N) is 1. The Morgan fingerprint density at radius 2 is 1.93 bits per heavy atom. The van der Waals surface area contributed by atoms with E-state index >= 15 is 0 Å². The number of carbonyl (C=O) groups is 2. The van der Waals surface area contributed by atoms with Crippen LogP contribution in [0.2, 0.25) is 0 Å². The molecular formula is C23H31N5O2. The molecule has 0 unspecified atom stereocenters.